The maximum atomic E-state index is 13.3. The number of aromatic nitrogens is 1. The highest BCUT2D eigenvalue weighted by Gasteiger charge is 2.33. The van der Waals surface area contributed by atoms with Crippen molar-refractivity contribution >= 4 is 29.4 Å². The SMILES string of the molecule is N#CCCN(CCC#N)c1ccc(/C=C2\N=C(c3ccccc3)N(NC(=O)c3ccncc3)C2=O)cc1. The molecule has 4 rings (SSSR count). The number of aliphatic imine (C=N–C) groups is 1. The maximum absolute atomic E-state index is 13.3. The van der Waals surface area contributed by atoms with E-state index in [0.29, 0.717) is 42.9 Å². The molecule has 37 heavy (non-hydrogen) atoms. The van der Waals surface area contributed by atoms with E-state index in [1.165, 1.54) is 12.4 Å². The summed E-state index contributed by atoms with van der Waals surface area (Å²) < 4.78 is 0. The molecule has 2 amide bonds. The van der Waals surface area contributed by atoms with Crippen LogP contribution in [0.3, 0.4) is 0 Å². The molecule has 0 fully saturated rings. The summed E-state index contributed by atoms with van der Waals surface area (Å²) >= 11 is 0. The van der Waals surface area contributed by atoms with E-state index in [1.54, 1.807) is 18.2 Å². The van der Waals surface area contributed by atoms with Crippen LogP contribution in [0.25, 0.3) is 6.08 Å². The number of benzene rings is 2. The minimum absolute atomic E-state index is 0.174. The minimum Gasteiger partial charge on any atom is -0.369 e. The van der Waals surface area contributed by atoms with E-state index in [4.69, 9.17) is 10.5 Å². The number of carbonyl (C=O) groups is 2. The van der Waals surface area contributed by atoms with Crippen LogP contribution in [-0.4, -0.2) is 40.7 Å². The highest BCUT2D eigenvalue weighted by atomic mass is 16.2. The number of amidine groups is 1. The maximum Gasteiger partial charge on any atom is 0.297 e. The smallest absolute Gasteiger partial charge is 0.297 e. The highest BCUT2D eigenvalue weighted by Crippen LogP contribution is 2.23. The van der Waals surface area contributed by atoms with Crippen molar-refractivity contribution in [3.63, 3.8) is 0 Å². The third-order valence-electron chi connectivity index (χ3n) is 5.60. The molecule has 2 heterocycles. The van der Waals surface area contributed by atoms with Crippen molar-refractivity contribution in [3.8, 4) is 12.1 Å². The molecule has 2 aromatic carbocycles. The fourth-order valence-corrected chi connectivity index (χ4v) is 3.75. The molecular weight excluding hydrogens is 466 g/mol. The summed E-state index contributed by atoms with van der Waals surface area (Å²) in [5.74, 6) is -0.607. The third-order valence-corrected chi connectivity index (χ3v) is 5.60. The first-order valence-electron chi connectivity index (χ1n) is 11.6. The van der Waals surface area contributed by atoms with Crippen molar-refractivity contribution in [1.29, 1.82) is 10.5 Å². The third kappa shape index (κ3) is 6.05. The van der Waals surface area contributed by atoms with E-state index >= 15 is 0 Å². The van der Waals surface area contributed by atoms with Crippen LogP contribution in [0, 0.1) is 22.7 Å². The van der Waals surface area contributed by atoms with Gasteiger partial charge in [0, 0.05) is 42.3 Å². The lowest BCUT2D eigenvalue weighted by Gasteiger charge is -2.22. The van der Waals surface area contributed by atoms with Gasteiger partial charge in [-0.3, -0.25) is 20.0 Å². The van der Waals surface area contributed by atoms with Gasteiger partial charge in [-0.05, 0) is 35.9 Å². The number of pyridine rings is 1. The number of nitrogens with one attached hydrogen (secondary N) is 1. The molecule has 1 N–H and O–H groups in total. The topological polar surface area (TPSA) is 125 Å². The van der Waals surface area contributed by atoms with Gasteiger partial charge in [-0.15, -0.1) is 0 Å². The molecule has 0 aliphatic carbocycles. The zero-order valence-electron chi connectivity index (χ0n) is 19.9. The molecule has 0 saturated carbocycles. The summed E-state index contributed by atoms with van der Waals surface area (Å²) in [5.41, 5.74) is 5.49. The van der Waals surface area contributed by atoms with Gasteiger partial charge in [0.25, 0.3) is 11.8 Å². The Balaban J connectivity index is 1.60. The van der Waals surface area contributed by atoms with Crippen LogP contribution < -0.4 is 10.3 Å². The standard InChI is InChI=1S/C28H23N7O2/c29-14-4-18-34(19-5-15-30)24-10-8-21(9-11-24)20-25-28(37)35(26(32-25)22-6-2-1-3-7-22)33-27(36)23-12-16-31-17-13-23/h1-3,6-13,16-17,20H,4-5,18-19H2,(H,33,36)/b25-20-. The van der Waals surface area contributed by atoms with E-state index in [9.17, 15) is 9.59 Å². The van der Waals surface area contributed by atoms with Crippen LogP contribution in [-0.2, 0) is 4.79 Å². The summed E-state index contributed by atoms with van der Waals surface area (Å²) in [6, 6.07) is 24.0. The minimum atomic E-state index is -0.463. The number of amides is 2. The average Bonchev–Trinajstić information content (AvgIpc) is 3.24. The zero-order valence-corrected chi connectivity index (χ0v) is 19.9. The largest absolute Gasteiger partial charge is 0.369 e. The molecule has 0 radical (unpaired) electrons. The summed E-state index contributed by atoms with van der Waals surface area (Å²) in [5, 5.41) is 19.0. The number of carbonyl (C=O) groups excluding carboxylic acids is 2. The molecule has 0 bridgehead atoms. The number of hydrogen-bond acceptors (Lipinski definition) is 7. The van der Waals surface area contributed by atoms with Gasteiger partial charge < -0.3 is 4.90 Å². The van der Waals surface area contributed by atoms with Gasteiger partial charge in [-0.2, -0.15) is 15.5 Å². The molecule has 9 heteroatoms. The Morgan fingerprint density at radius 3 is 2.22 bits per heavy atom. The first-order chi connectivity index (χ1) is 18.1. The van der Waals surface area contributed by atoms with Gasteiger partial charge >= 0.3 is 0 Å². The van der Waals surface area contributed by atoms with Crippen LogP contribution in [0.15, 0.2) is 89.8 Å². The second kappa shape index (κ2) is 11.9. The van der Waals surface area contributed by atoms with E-state index in [2.05, 4.69) is 27.5 Å². The summed E-state index contributed by atoms with van der Waals surface area (Å²) in [4.78, 5) is 36.5. The van der Waals surface area contributed by atoms with E-state index in [-0.39, 0.29) is 5.70 Å². The Kier molecular flexibility index (Phi) is 8.00. The fraction of sp³-hybridized carbons (Fsp3) is 0.143. The predicted molar refractivity (Wildman–Crippen MR) is 139 cm³/mol. The van der Waals surface area contributed by atoms with Gasteiger partial charge in [0.05, 0.1) is 25.0 Å². The van der Waals surface area contributed by atoms with Crippen molar-refractivity contribution in [2.75, 3.05) is 18.0 Å². The van der Waals surface area contributed by atoms with Crippen LogP contribution >= 0.6 is 0 Å². The Labute approximate surface area is 214 Å². The van der Waals surface area contributed by atoms with E-state index in [0.717, 1.165) is 16.3 Å². The normalized spacial score (nSPS) is 13.6. The van der Waals surface area contributed by atoms with Crippen LogP contribution in [0.2, 0.25) is 0 Å². The Bertz CT molecular complexity index is 1380. The molecule has 1 aliphatic heterocycles. The monoisotopic (exact) mass is 489 g/mol. The van der Waals surface area contributed by atoms with Gasteiger partial charge in [-0.25, -0.2) is 4.99 Å². The molecule has 0 unspecified atom stereocenters. The van der Waals surface area contributed by atoms with Crippen molar-refractivity contribution in [2.45, 2.75) is 12.8 Å². The molecule has 0 spiro atoms. The average molecular weight is 490 g/mol. The number of rotatable bonds is 9. The predicted octanol–water partition coefficient (Wildman–Crippen LogP) is 3.69. The molecule has 3 aromatic rings. The molecule has 9 nitrogen and oxygen atoms in total. The van der Waals surface area contributed by atoms with Crippen LogP contribution in [0.5, 0.6) is 0 Å². The van der Waals surface area contributed by atoms with Gasteiger partial charge in [-0.1, -0.05) is 42.5 Å². The molecule has 0 saturated heterocycles. The lowest BCUT2D eigenvalue weighted by atomic mass is 10.1. The second-order valence-corrected chi connectivity index (χ2v) is 8.04. The lowest BCUT2D eigenvalue weighted by molar-refractivity contribution is -0.124. The fourth-order valence-electron chi connectivity index (χ4n) is 3.75. The second-order valence-electron chi connectivity index (χ2n) is 8.04. The van der Waals surface area contributed by atoms with Crippen molar-refractivity contribution in [2.24, 2.45) is 4.99 Å². The number of anilines is 1. The van der Waals surface area contributed by atoms with Crippen molar-refractivity contribution < 1.29 is 9.59 Å². The number of nitrogens with zero attached hydrogens (tertiary/aromatic N) is 6. The first-order valence-corrected chi connectivity index (χ1v) is 11.6. The van der Waals surface area contributed by atoms with Crippen molar-refractivity contribution in [3.05, 3.63) is 102 Å². The van der Waals surface area contributed by atoms with E-state index in [1.807, 2.05) is 59.5 Å². The van der Waals surface area contributed by atoms with Crippen molar-refractivity contribution in [1.82, 2.24) is 15.4 Å². The highest BCUT2D eigenvalue weighted by molar-refractivity contribution is 6.20. The van der Waals surface area contributed by atoms with E-state index < -0.39 is 11.8 Å². The summed E-state index contributed by atoms with van der Waals surface area (Å²) in [6.45, 7) is 1.04. The van der Waals surface area contributed by atoms with Crippen LogP contribution in [0.1, 0.15) is 34.3 Å². The van der Waals surface area contributed by atoms with Crippen LogP contribution in [0.4, 0.5) is 5.69 Å². The molecule has 1 aliphatic rings. The number of nitriles is 2. The zero-order chi connectivity index (χ0) is 26.0. The molecule has 0 atom stereocenters. The Hall–Kier alpha value is -5.28. The molecular formula is C28H23N7O2. The van der Waals surface area contributed by atoms with Gasteiger partial charge in [0.15, 0.2) is 5.84 Å². The lowest BCUT2D eigenvalue weighted by Crippen LogP contribution is -2.47. The van der Waals surface area contributed by atoms with Gasteiger partial charge in [0.1, 0.15) is 5.70 Å². The quantitative estimate of drug-likeness (QED) is 0.457. The Morgan fingerprint density at radius 1 is 0.946 bits per heavy atom. The summed E-state index contributed by atoms with van der Waals surface area (Å²) in [7, 11) is 0. The number of hydrazine groups is 1. The van der Waals surface area contributed by atoms with Gasteiger partial charge in [0.2, 0.25) is 0 Å². The number of hydrogen-bond donors (Lipinski definition) is 1. The first kappa shape index (κ1) is 24.8. The summed E-state index contributed by atoms with van der Waals surface area (Å²) in [6.07, 6.45) is 5.36. The molecule has 182 valence electrons. The Morgan fingerprint density at radius 2 is 1.59 bits per heavy atom. The molecule has 1 aromatic heterocycles.